The number of carbonyl (C=O) groups is 1. The molecule has 0 radical (unpaired) electrons. The number of nitrogens with zero attached hydrogens (tertiary/aromatic N) is 2. The van der Waals surface area contributed by atoms with Crippen molar-refractivity contribution in [2.45, 2.75) is 26.4 Å². The van der Waals surface area contributed by atoms with Crippen molar-refractivity contribution in [1.82, 2.24) is 9.97 Å². The number of rotatable bonds is 1. The van der Waals surface area contributed by atoms with Crippen molar-refractivity contribution in [2.75, 3.05) is 0 Å². The number of halogens is 2. The van der Waals surface area contributed by atoms with Crippen molar-refractivity contribution in [2.24, 2.45) is 0 Å². The Morgan fingerprint density at radius 3 is 2.53 bits per heavy atom. The van der Waals surface area contributed by atoms with Crippen molar-refractivity contribution in [3.8, 4) is 0 Å². The lowest BCUT2D eigenvalue weighted by molar-refractivity contribution is 0.00697. The molecule has 4 nitrogen and oxygen atoms in total. The number of hydrogen-bond donors (Lipinski definition) is 0. The summed E-state index contributed by atoms with van der Waals surface area (Å²) in [6.07, 6.45) is 0. The standard InChI is InChI=1S/C13H12Cl2N2O2/c1-13(2,3)19-11(18)7-4-5-8-9(6-7)16-12(15)17-10(8)14/h4-6H,1-3H3. The Morgan fingerprint density at radius 2 is 1.89 bits per heavy atom. The van der Waals surface area contributed by atoms with Gasteiger partial charge in [0.25, 0.3) is 0 Å². The third kappa shape index (κ3) is 3.33. The van der Waals surface area contributed by atoms with Gasteiger partial charge in [0.05, 0.1) is 11.1 Å². The Balaban J connectivity index is 2.44. The van der Waals surface area contributed by atoms with E-state index in [1.165, 1.54) is 0 Å². The largest absolute Gasteiger partial charge is 0.456 e. The highest BCUT2D eigenvalue weighted by molar-refractivity contribution is 6.35. The van der Waals surface area contributed by atoms with E-state index in [4.69, 9.17) is 27.9 Å². The van der Waals surface area contributed by atoms with Crippen LogP contribution < -0.4 is 0 Å². The maximum absolute atomic E-state index is 11.9. The summed E-state index contributed by atoms with van der Waals surface area (Å²) >= 11 is 11.7. The molecule has 0 spiro atoms. The van der Waals surface area contributed by atoms with E-state index in [-0.39, 0.29) is 10.4 Å². The molecule has 1 aromatic carbocycles. The molecule has 0 aliphatic heterocycles. The third-order valence-electron chi connectivity index (χ3n) is 2.26. The van der Waals surface area contributed by atoms with Crippen LogP contribution in [0.2, 0.25) is 10.4 Å². The predicted octanol–water partition coefficient (Wildman–Crippen LogP) is 3.89. The van der Waals surface area contributed by atoms with Crippen LogP contribution >= 0.6 is 23.2 Å². The average Bonchev–Trinajstić information content (AvgIpc) is 2.25. The molecule has 2 aromatic rings. The van der Waals surface area contributed by atoms with Gasteiger partial charge in [0.15, 0.2) is 0 Å². The molecule has 0 aliphatic carbocycles. The van der Waals surface area contributed by atoms with Crippen molar-refractivity contribution >= 4 is 40.1 Å². The van der Waals surface area contributed by atoms with E-state index in [0.717, 1.165) is 0 Å². The zero-order valence-electron chi connectivity index (χ0n) is 10.7. The van der Waals surface area contributed by atoms with Crippen molar-refractivity contribution < 1.29 is 9.53 Å². The zero-order valence-corrected chi connectivity index (χ0v) is 12.2. The van der Waals surface area contributed by atoms with Gasteiger partial charge >= 0.3 is 5.97 Å². The van der Waals surface area contributed by atoms with Gasteiger partial charge in [-0.3, -0.25) is 0 Å². The van der Waals surface area contributed by atoms with Gasteiger partial charge in [-0.15, -0.1) is 0 Å². The highest BCUT2D eigenvalue weighted by Gasteiger charge is 2.18. The van der Waals surface area contributed by atoms with E-state index in [0.29, 0.717) is 16.5 Å². The normalized spacial score (nSPS) is 11.6. The molecule has 0 bridgehead atoms. The third-order valence-corrected chi connectivity index (χ3v) is 2.71. The predicted molar refractivity (Wildman–Crippen MR) is 74.7 cm³/mol. The lowest BCUT2D eigenvalue weighted by Crippen LogP contribution is -2.23. The summed E-state index contributed by atoms with van der Waals surface area (Å²) in [6, 6.07) is 4.88. The summed E-state index contributed by atoms with van der Waals surface area (Å²) in [4.78, 5) is 19.8. The summed E-state index contributed by atoms with van der Waals surface area (Å²) in [5.41, 5.74) is 0.356. The van der Waals surface area contributed by atoms with Gasteiger partial charge in [-0.25, -0.2) is 14.8 Å². The van der Waals surface area contributed by atoms with Crippen LogP contribution in [-0.2, 0) is 4.74 Å². The van der Waals surface area contributed by atoms with E-state index in [1.54, 1.807) is 18.2 Å². The second-order valence-corrected chi connectivity index (χ2v) is 5.71. The van der Waals surface area contributed by atoms with E-state index in [2.05, 4.69) is 9.97 Å². The van der Waals surface area contributed by atoms with Crippen molar-refractivity contribution in [3.05, 3.63) is 34.2 Å². The number of aromatic nitrogens is 2. The second kappa shape index (κ2) is 4.94. The molecule has 0 unspecified atom stereocenters. The molecule has 0 fully saturated rings. The first kappa shape index (κ1) is 14.0. The number of esters is 1. The number of benzene rings is 1. The van der Waals surface area contributed by atoms with Crippen LogP contribution in [0.5, 0.6) is 0 Å². The van der Waals surface area contributed by atoms with Gasteiger partial charge in [0.2, 0.25) is 5.28 Å². The van der Waals surface area contributed by atoms with Crippen LogP contribution in [0.15, 0.2) is 18.2 Å². The smallest absolute Gasteiger partial charge is 0.338 e. The van der Waals surface area contributed by atoms with E-state index >= 15 is 0 Å². The quantitative estimate of drug-likeness (QED) is 0.455. The first-order valence-electron chi connectivity index (χ1n) is 5.62. The van der Waals surface area contributed by atoms with Crippen molar-refractivity contribution in [3.63, 3.8) is 0 Å². The Hall–Kier alpha value is -1.39. The Morgan fingerprint density at radius 1 is 1.21 bits per heavy atom. The minimum atomic E-state index is -0.549. The first-order valence-corrected chi connectivity index (χ1v) is 6.38. The molecule has 1 aromatic heterocycles. The monoisotopic (exact) mass is 298 g/mol. The number of ether oxygens (including phenoxy) is 1. The molecule has 2 rings (SSSR count). The summed E-state index contributed by atoms with van der Waals surface area (Å²) in [7, 11) is 0. The fourth-order valence-electron chi connectivity index (χ4n) is 1.53. The van der Waals surface area contributed by atoms with Crippen LogP contribution in [0.1, 0.15) is 31.1 Å². The molecule has 0 N–H and O–H groups in total. The van der Waals surface area contributed by atoms with E-state index in [9.17, 15) is 4.79 Å². The fourth-order valence-corrected chi connectivity index (χ4v) is 1.99. The Kier molecular flexibility index (Phi) is 3.65. The minimum absolute atomic E-state index is 0.0406. The summed E-state index contributed by atoms with van der Waals surface area (Å²) in [6.45, 7) is 5.42. The molecular formula is C13H12Cl2N2O2. The lowest BCUT2D eigenvalue weighted by atomic mass is 10.1. The van der Waals surface area contributed by atoms with Crippen LogP contribution in [0.4, 0.5) is 0 Å². The molecule has 0 atom stereocenters. The lowest BCUT2D eigenvalue weighted by Gasteiger charge is -2.19. The zero-order chi connectivity index (χ0) is 14.2. The highest BCUT2D eigenvalue weighted by atomic mass is 35.5. The number of carbonyl (C=O) groups excluding carboxylic acids is 1. The van der Waals surface area contributed by atoms with Gasteiger partial charge in [0.1, 0.15) is 10.8 Å². The molecule has 0 saturated carbocycles. The van der Waals surface area contributed by atoms with Crippen LogP contribution in [0, 0.1) is 0 Å². The summed E-state index contributed by atoms with van der Waals surface area (Å²) in [5.74, 6) is -0.416. The molecule has 0 amide bonds. The fraction of sp³-hybridized carbons (Fsp3) is 0.308. The molecule has 1 heterocycles. The first-order chi connectivity index (χ1) is 8.76. The Bertz CT molecular complexity index is 651. The maximum Gasteiger partial charge on any atom is 0.338 e. The van der Waals surface area contributed by atoms with Crippen LogP contribution in [0.3, 0.4) is 0 Å². The van der Waals surface area contributed by atoms with Gasteiger partial charge < -0.3 is 4.74 Å². The summed E-state index contributed by atoms with van der Waals surface area (Å²) < 4.78 is 5.28. The van der Waals surface area contributed by atoms with Gasteiger partial charge in [0, 0.05) is 5.39 Å². The van der Waals surface area contributed by atoms with Gasteiger partial charge in [-0.05, 0) is 50.6 Å². The van der Waals surface area contributed by atoms with Crippen LogP contribution in [-0.4, -0.2) is 21.5 Å². The minimum Gasteiger partial charge on any atom is -0.456 e. The topological polar surface area (TPSA) is 52.1 Å². The average molecular weight is 299 g/mol. The SMILES string of the molecule is CC(C)(C)OC(=O)c1ccc2c(Cl)nc(Cl)nc2c1. The molecule has 100 valence electrons. The molecule has 19 heavy (non-hydrogen) atoms. The van der Waals surface area contributed by atoms with Crippen molar-refractivity contribution in [1.29, 1.82) is 0 Å². The number of fused-ring (bicyclic) bond motifs is 1. The molecule has 0 saturated heterocycles. The molecule has 6 heteroatoms. The second-order valence-electron chi connectivity index (χ2n) is 5.02. The maximum atomic E-state index is 11.9. The van der Waals surface area contributed by atoms with Gasteiger partial charge in [-0.1, -0.05) is 11.6 Å². The highest BCUT2D eigenvalue weighted by Crippen LogP contribution is 2.23. The Labute approximate surface area is 120 Å². The van der Waals surface area contributed by atoms with E-state index in [1.807, 2.05) is 20.8 Å². The number of hydrogen-bond acceptors (Lipinski definition) is 4. The van der Waals surface area contributed by atoms with E-state index < -0.39 is 11.6 Å². The molecule has 0 aliphatic rings. The van der Waals surface area contributed by atoms with Gasteiger partial charge in [-0.2, -0.15) is 0 Å². The molecular weight excluding hydrogens is 287 g/mol. The van der Waals surface area contributed by atoms with Crippen LogP contribution in [0.25, 0.3) is 10.9 Å². The summed E-state index contributed by atoms with van der Waals surface area (Å²) in [5, 5.41) is 0.933.